The lowest BCUT2D eigenvalue weighted by atomic mass is 10.1. The lowest BCUT2D eigenvalue weighted by Gasteiger charge is -2.15. The van der Waals surface area contributed by atoms with Crippen LogP contribution in [-0.4, -0.2) is 49.5 Å². The fourth-order valence-corrected chi connectivity index (χ4v) is 2.08. The van der Waals surface area contributed by atoms with Crippen LogP contribution in [0.15, 0.2) is 29.3 Å². The van der Waals surface area contributed by atoms with Crippen molar-refractivity contribution in [2.45, 2.75) is 13.5 Å². The standard InChI is InChI=1S/C15H21N5O2.HI/c1-11-3-5-12(6-4-11)9-18-14(16-2)17-7-8-20-13(21)10-19-15(20)22;/h3-6H,7-10H2,1-2H3,(H,19,22)(H2,16,17,18);1H. The minimum Gasteiger partial charge on any atom is -0.355 e. The highest BCUT2D eigenvalue weighted by atomic mass is 127. The van der Waals surface area contributed by atoms with Crippen molar-refractivity contribution < 1.29 is 9.59 Å². The second-order valence-electron chi connectivity index (χ2n) is 5.04. The van der Waals surface area contributed by atoms with Gasteiger partial charge in [-0.15, -0.1) is 24.0 Å². The van der Waals surface area contributed by atoms with Crippen LogP contribution in [0.4, 0.5) is 4.79 Å². The third-order valence-corrected chi connectivity index (χ3v) is 3.37. The van der Waals surface area contributed by atoms with E-state index in [2.05, 4.69) is 45.2 Å². The van der Waals surface area contributed by atoms with Crippen LogP contribution in [0, 0.1) is 6.92 Å². The highest BCUT2D eigenvalue weighted by Crippen LogP contribution is 2.02. The first-order chi connectivity index (χ1) is 10.6. The molecule has 0 radical (unpaired) electrons. The van der Waals surface area contributed by atoms with Crippen molar-refractivity contribution >= 4 is 41.9 Å². The first kappa shape index (κ1) is 19.2. The van der Waals surface area contributed by atoms with E-state index in [0.29, 0.717) is 25.6 Å². The summed E-state index contributed by atoms with van der Waals surface area (Å²) in [4.78, 5) is 28.1. The third kappa shape index (κ3) is 5.70. The maximum Gasteiger partial charge on any atom is 0.324 e. The smallest absolute Gasteiger partial charge is 0.324 e. The second kappa shape index (κ2) is 9.33. The van der Waals surface area contributed by atoms with E-state index in [1.165, 1.54) is 10.5 Å². The van der Waals surface area contributed by atoms with Gasteiger partial charge in [0.1, 0.15) is 0 Å². The number of hydrogen-bond acceptors (Lipinski definition) is 3. The van der Waals surface area contributed by atoms with Crippen molar-refractivity contribution in [2.75, 3.05) is 26.7 Å². The van der Waals surface area contributed by atoms with E-state index in [0.717, 1.165) is 5.56 Å². The van der Waals surface area contributed by atoms with Gasteiger partial charge >= 0.3 is 6.03 Å². The van der Waals surface area contributed by atoms with Crippen LogP contribution in [0.2, 0.25) is 0 Å². The van der Waals surface area contributed by atoms with Gasteiger partial charge in [0.25, 0.3) is 0 Å². The van der Waals surface area contributed by atoms with Crippen LogP contribution in [0.25, 0.3) is 0 Å². The molecule has 2 rings (SSSR count). The predicted molar refractivity (Wildman–Crippen MR) is 99.9 cm³/mol. The predicted octanol–water partition coefficient (Wildman–Crippen LogP) is 0.830. The van der Waals surface area contributed by atoms with E-state index in [9.17, 15) is 9.59 Å². The number of benzene rings is 1. The summed E-state index contributed by atoms with van der Waals surface area (Å²) >= 11 is 0. The number of imide groups is 1. The molecule has 0 saturated carbocycles. The Morgan fingerprint density at radius 2 is 1.96 bits per heavy atom. The fourth-order valence-electron chi connectivity index (χ4n) is 2.08. The summed E-state index contributed by atoms with van der Waals surface area (Å²) in [7, 11) is 1.68. The Morgan fingerprint density at radius 3 is 2.52 bits per heavy atom. The zero-order valence-corrected chi connectivity index (χ0v) is 15.6. The summed E-state index contributed by atoms with van der Waals surface area (Å²) in [6, 6.07) is 7.90. The Labute approximate surface area is 152 Å². The van der Waals surface area contributed by atoms with Gasteiger partial charge in [-0.25, -0.2) is 4.79 Å². The van der Waals surface area contributed by atoms with Crippen molar-refractivity contribution in [3.8, 4) is 0 Å². The molecule has 7 nitrogen and oxygen atoms in total. The second-order valence-corrected chi connectivity index (χ2v) is 5.04. The number of carbonyl (C=O) groups is 2. The number of hydrogen-bond donors (Lipinski definition) is 3. The van der Waals surface area contributed by atoms with E-state index in [-0.39, 0.29) is 42.5 Å². The minimum atomic E-state index is -0.339. The average molecular weight is 431 g/mol. The van der Waals surface area contributed by atoms with Crippen LogP contribution in [0.3, 0.4) is 0 Å². The summed E-state index contributed by atoms with van der Waals surface area (Å²) in [6.07, 6.45) is 0. The number of amides is 3. The molecule has 1 fully saturated rings. The van der Waals surface area contributed by atoms with Gasteiger partial charge in [0, 0.05) is 26.7 Å². The zero-order valence-electron chi connectivity index (χ0n) is 13.3. The van der Waals surface area contributed by atoms with Crippen molar-refractivity contribution in [1.29, 1.82) is 0 Å². The maximum atomic E-state index is 11.4. The minimum absolute atomic E-state index is 0. The molecule has 0 atom stereocenters. The molecular weight excluding hydrogens is 409 g/mol. The molecule has 1 heterocycles. The monoisotopic (exact) mass is 431 g/mol. The Hall–Kier alpha value is -1.84. The van der Waals surface area contributed by atoms with Crippen LogP contribution >= 0.6 is 24.0 Å². The molecule has 126 valence electrons. The van der Waals surface area contributed by atoms with Crippen LogP contribution in [-0.2, 0) is 11.3 Å². The highest BCUT2D eigenvalue weighted by Gasteiger charge is 2.27. The molecule has 3 amide bonds. The number of nitrogens with zero attached hydrogens (tertiary/aromatic N) is 2. The van der Waals surface area contributed by atoms with Crippen LogP contribution < -0.4 is 16.0 Å². The number of aliphatic imine (C=N–C) groups is 1. The van der Waals surface area contributed by atoms with Gasteiger partial charge < -0.3 is 16.0 Å². The van der Waals surface area contributed by atoms with Crippen LogP contribution in [0.5, 0.6) is 0 Å². The Balaban J connectivity index is 0.00000264. The molecule has 1 saturated heterocycles. The van der Waals surface area contributed by atoms with Gasteiger partial charge in [-0.05, 0) is 12.5 Å². The number of carbonyl (C=O) groups excluding carboxylic acids is 2. The van der Waals surface area contributed by atoms with Gasteiger partial charge in [-0.3, -0.25) is 14.7 Å². The summed E-state index contributed by atoms with van der Waals surface area (Å²) in [6.45, 7) is 3.55. The van der Waals surface area contributed by atoms with E-state index < -0.39 is 0 Å². The van der Waals surface area contributed by atoms with E-state index in [1.807, 2.05) is 6.92 Å². The molecule has 0 aromatic heterocycles. The first-order valence-electron chi connectivity index (χ1n) is 7.18. The van der Waals surface area contributed by atoms with Crippen molar-refractivity contribution in [3.63, 3.8) is 0 Å². The lowest BCUT2D eigenvalue weighted by Crippen LogP contribution is -2.43. The van der Waals surface area contributed by atoms with Gasteiger partial charge in [0.05, 0.1) is 6.54 Å². The molecule has 23 heavy (non-hydrogen) atoms. The van der Waals surface area contributed by atoms with E-state index >= 15 is 0 Å². The van der Waals surface area contributed by atoms with E-state index in [4.69, 9.17) is 0 Å². The highest BCUT2D eigenvalue weighted by molar-refractivity contribution is 14.0. The van der Waals surface area contributed by atoms with Gasteiger partial charge in [0.15, 0.2) is 5.96 Å². The third-order valence-electron chi connectivity index (χ3n) is 3.37. The van der Waals surface area contributed by atoms with Crippen molar-refractivity contribution in [3.05, 3.63) is 35.4 Å². The molecule has 1 aliphatic heterocycles. The Bertz CT molecular complexity index is 558. The molecule has 1 aliphatic rings. The summed E-state index contributed by atoms with van der Waals surface area (Å²) in [5, 5.41) is 8.76. The summed E-state index contributed by atoms with van der Waals surface area (Å²) < 4.78 is 0. The fraction of sp³-hybridized carbons (Fsp3) is 0.400. The number of nitrogens with one attached hydrogen (secondary N) is 3. The number of guanidine groups is 1. The maximum absolute atomic E-state index is 11.4. The number of rotatable bonds is 5. The normalized spacial score (nSPS) is 14.3. The molecule has 8 heteroatoms. The molecular formula is C15H22IN5O2. The van der Waals surface area contributed by atoms with Gasteiger partial charge in [-0.1, -0.05) is 29.8 Å². The van der Waals surface area contributed by atoms with Gasteiger partial charge in [-0.2, -0.15) is 0 Å². The molecule has 0 spiro atoms. The van der Waals surface area contributed by atoms with Gasteiger partial charge in [0.2, 0.25) is 5.91 Å². The van der Waals surface area contributed by atoms with Crippen molar-refractivity contribution in [2.24, 2.45) is 4.99 Å². The zero-order chi connectivity index (χ0) is 15.9. The summed E-state index contributed by atoms with van der Waals surface area (Å²) in [5.41, 5.74) is 2.38. The average Bonchev–Trinajstić information content (AvgIpc) is 2.84. The quantitative estimate of drug-likeness (QED) is 0.279. The summed E-state index contributed by atoms with van der Waals surface area (Å²) in [5.74, 6) is 0.432. The Kier molecular flexibility index (Phi) is 7.79. The SMILES string of the molecule is CN=C(NCCN1C(=O)CNC1=O)NCc1ccc(C)cc1.I. The van der Waals surface area contributed by atoms with E-state index in [1.54, 1.807) is 7.05 Å². The molecule has 1 aromatic carbocycles. The van der Waals surface area contributed by atoms with Crippen molar-refractivity contribution in [1.82, 2.24) is 20.9 Å². The largest absolute Gasteiger partial charge is 0.355 e. The number of halogens is 1. The topological polar surface area (TPSA) is 85.8 Å². The number of urea groups is 1. The number of aryl methyl sites for hydroxylation is 1. The van der Waals surface area contributed by atoms with Crippen LogP contribution in [0.1, 0.15) is 11.1 Å². The lowest BCUT2D eigenvalue weighted by molar-refractivity contribution is -0.124. The molecule has 0 aliphatic carbocycles. The Morgan fingerprint density at radius 1 is 1.26 bits per heavy atom. The molecule has 0 unspecified atom stereocenters. The molecule has 3 N–H and O–H groups in total. The first-order valence-corrected chi connectivity index (χ1v) is 7.18. The molecule has 1 aromatic rings. The molecule has 0 bridgehead atoms.